The number of rotatable bonds is 9. The molecule has 0 spiro atoms. The van der Waals surface area contributed by atoms with E-state index >= 15 is 0 Å². The molecule has 1 aromatic heterocycles. The van der Waals surface area contributed by atoms with Crippen LogP contribution in [0.4, 0.5) is 0 Å². The predicted octanol–water partition coefficient (Wildman–Crippen LogP) is 6.36. The van der Waals surface area contributed by atoms with Crippen LogP contribution in [-0.4, -0.2) is 39.3 Å². The number of hydrogen-bond acceptors (Lipinski definition) is 3. The number of nitrogens with one attached hydrogen (secondary N) is 1. The summed E-state index contributed by atoms with van der Waals surface area (Å²) in [4.78, 5) is 27.6. The van der Waals surface area contributed by atoms with Crippen LogP contribution in [0.5, 0.6) is 0 Å². The lowest BCUT2D eigenvalue weighted by Crippen LogP contribution is -2.31. The van der Waals surface area contributed by atoms with Crippen molar-refractivity contribution in [3.05, 3.63) is 112 Å². The van der Waals surface area contributed by atoms with E-state index < -0.39 is 0 Å². The Labute approximate surface area is 236 Å². The molecule has 0 aliphatic rings. The zero-order valence-corrected chi connectivity index (χ0v) is 23.0. The number of carbonyl (C=O) groups excluding carboxylic acids is 2. The molecule has 5 aromatic rings. The van der Waals surface area contributed by atoms with Gasteiger partial charge in [-0.15, -0.1) is 0 Å². The van der Waals surface area contributed by atoms with Gasteiger partial charge in [0.2, 0.25) is 11.5 Å². The molecule has 1 N–H and O–H groups in total. The third kappa shape index (κ3) is 5.77. The standard InChI is InChI=1S/C31H28Cl2N4O2/c1-35(29(39)19-21-10-11-22-6-2-3-7-24(22)18-21)16-5-17-36-30-26(33)8-4-9-27(30)37(31(36)34)20-28(38)23-12-14-25(32)15-13-23/h2-4,6-15,18,34H,5,16-17,19-20H2,1H3. The number of aromatic nitrogens is 2. The van der Waals surface area contributed by atoms with E-state index in [4.69, 9.17) is 28.6 Å². The topological polar surface area (TPSA) is 71.1 Å². The zero-order chi connectivity index (χ0) is 27.5. The molecule has 0 fully saturated rings. The van der Waals surface area contributed by atoms with Gasteiger partial charge in [0.1, 0.15) is 0 Å². The lowest BCUT2D eigenvalue weighted by Gasteiger charge is -2.18. The first kappa shape index (κ1) is 26.7. The lowest BCUT2D eigenvalue weighted by molar-refractivity contribution is -0.129. The largest absolute Gasteiger partial charge is 0.345 e. The number of ketones is 1. The number of carbonyl (C=O) groups is 2. The van der Waals surface area contributed by atoms with Crippen LogP contribution < -0.4 is 5.62 Å². The first-order chi connectivity index (χ1) is 18.8. The summed E-state index contributed by atoms with van der Waals surface area (Å²) in [6.07, 6.45) is 0.960. The first-order valence-electron chi connectivity index (χ1n) is 12.7. The lowest BCUT2D eigenvalue weighted by atomic mass is 10.0. The van der Waals surface area contributed by atoms with E-state index in [2.05, 4.69) is 12.1 Å². The van der Waals surface area contributed by atoms with Gasteiger partial charge in [-0.3, -0.25) is 15.0 Å². The molecule has 0 atom stereocenters. The van der Waals surface area contributed by atoms with Crippen LogP contribution in [0, 0.1) is 5.41 Å². The number of halogens is 2. The van der Waals surface area contributed by atoms with Gasteiger partial charge >= 0.3 is 0 Å². The molecule has 1 amide bonds. The highest BCUT2D eigenvalue weighted by Gasteiger charge is 2.17. The van der Waals surface area contributed by atoms with Gasteiger partial charge in [0.15, 0.2) is 5.78 Å². The van der Waals surface area contributed by atoms with E-state index in [1.165, 1.54) is 0 Å². The summed E-state index contributed by atoms with van der Waals surface area (Å²) in [5.74, 6) is -0.0846. The maximum absolute atomic E-state index is 13.0. The second-order valence-electron chi connectivity index (χ2n) is 9.63. The molecular formula is C31H28Cl2N4O2. The molecule has 198 valence electrons. The Bertz CT molecular complexity index is 1740. The van der Waals surface area contributed by atoms with E-state index in [9.17, 15) is 9.59 Å². The Balaban J connectivity index is 1.29. The first-order valence-corrected chi connectivity index (χ1v) is 13.5. The average molecular weight is 559 g/mol. The number of aryl methyl sites for hydroxylation is 1. The van der Waals surface area contributed by atoms with Crippen molar-refractivity contribution in [1.29, 1.82) is 5.41 Å². The summed E-state index contributed by atoms with van der Waals surface area (Å²) >= 11 is 12.5. The number of Topliss-reactive ketones (excluding diaryl/α,β-unsaturated/α-hetero) is 1. The van der Waals surface area contributed by atoms with Crippen LogP contribution in [0.25, 0.3) is 21.8 Å². The van der Waals surface area contributed by atoms with Crippen LogP contribution >= 0.6 is 23.2 Å². The maximum Gasteiger partial charge on any atom is 0.226 e. The minimum absolute atomic E-state index is 0.00839. The van der Waals surface area contributed by atoms with Crippen molar-refractivity contribution >= 4 is 56.7 Å². The second-order valence-corrected chi connectivity index (χ2v) is 10.5. The molecule has 0 saturated carbocycles. The molecule has 0 aliphatic carbocycles. The van der Waals surface area contributed by atoms with Gasteiger partial charge in [-0.1, -0.05) is 71.7 Å². The monoisotopic (exact) mass is 558 g/mol. The molecule has 8 heteroatoms. The maximum atomic E-state index is 13.0. The number of fused-ring (bicyclic) bond motifs is 2. The van der Waals surface area contributed by atoms with Crippen molar-refractivity contribution in [3.63, 3.8) is 0 Å². The van der Waals surface area contributed by atoms with Crippen molar-refractivity contribution in [2.45, 2.75) is 25.9 Å². The molecule has 0 aliphatic heterocycles. The van der Waals surface area contributed by atoms with Gasteiger partial charge in [-0.2, -0.15) is 0 Å². The zero-order valence-electron chi connectivity index (χ0n) is 21.5. The SMILES string of the molecule is CN(CCCn1c(=N)n(CC(=O)c2ccc(Cl)cc2)c2cccc(Cl)c21)C(=O)Cc1ccc2ccccc2c1. The van der Waals surface area contributed by atoms with Crippen LogP contribution in [0.3, 0.4) is 0 Å². The van der Waals surface area contributed by atoms with Crippen LogP contribution in [-0.2, 0) is 24.3 Å². The molecule has 0 radical (unpaired) electrons. The number of likely N-dealkylation sites (N-methyl/N-ethyl adjacent to an activating group) is 1. The van der Waals surface area contributed by atoms with Gasteiger partial charge in [0, 0.05) is 30.7 Å². The fourth-order valence-electron chi connectivity index (χ4n) is 4.85. The molecule has 6 nitrogen and oxygen atoms in total. The summed E-state index contributed by atoms with van der Waals surface area (Å²) < 4.78 is 3.49. The normalized spacial score (nSPS) is 11.3. The Morgan fingerprint density at radius 2 is 1.62 bits per heavy atom. The van der Waals surface area contributed by atoms with Gasteiger partial charge < -0.3 is 14.0 Å². The molecule has 0 bridgehead atoms. The summed E-state index contributed by atoms with van der Waals surface area (Å²) in [7, 11) is 1.80. The third-order valence-electron chi connectivity index (χ3n) is 6.98. The van der Waals surface area contributed by atoms with Gasteiger partial charge in [0.05, 0.1) is 29.0 Å². The Kier molecular flexibility index (Phi) is 7.87. The fraction of sp³-hybridized carbons (Fsp3) is 0.194. The quantitative estimate of drug-likeness (QED) is 0.214. The molecular weight excluding hydrogens is 531 g/mol. The van der Waals surface area contributed by atoms with E-state index in [1.807, 2.05) is 47.0 Å². The average Bonchev–Trinajstić information content (AvgIpc) is 3.20. The van der Waals surface area contributed by atoms with Crippen molar-refractivity contribution < 1.29 is 9.59 Å². The molecule has 0 unspecified atom stereocenters. The highest BCUT2D eigenvalue weighted by Crippen LogP contribution is 2.24. The third-order valence-corrected chi connectivity index (χ3v) is 7.53. The Hall–Kier alpha value is -3.87. The summed E-state index contributed by atoms with van der Waals surface area (Å²) in [6.45, 7) is 1.02. The van der Waals surface area contributed by atoms with Gasteiger partial charge in [0.25, 0.3) is 0 Å². The summed E-state index contributed by atoms with van der Waals surface area (Å²) in [5, 5.41) is 12.2. The Morgan fingerprint density at radius 1 is 0.872 bits per heavy atom. The molecule has 1 heterocycles. The summed E-state index contributed by atoms with van der Waals surface area (Å²) in [6, 6.07) is 26.4. The van der Waals surface area contributed by atoms with Crippen LogP contribution in [0.2, 0.25) is 10.0 Å². The predicted molar refractivity (Wildman–Crippen MR) is 156 cm³/mol. The molecule has 39 heavy (non-hydrogen) atoms. The number of benzene rings is 4. The van der Waals surface area contributed by atoms with Crippen molar-refractivity contribution in [2.75, 3.05) is 13.6 Å². The van der Waals surface area contributed by atoms with Gasteiger partial charge in [-0.25, -0.2) is 0 Å². The van der Waals surface area contributed by atoms with E-state index in [0.29, 0.717) is 47.1 Å². The molecule has 4 aromatic carbocycles. The van der Waals surface area contributed by atoms with Crippen molar-refractivity contribution in [3.8, 4) is 0 Å². The van der Waals surface area contributed by atoms with Crippen molar-refractivity contribution in [2.24, 2.45) is 0 Å². The molecule has 5 rings (SSSR count). The minimum atomic E-state index is -0.122. The smallest absolute Gasteiger partial charge is 0.226 e. The highest BCUT2D eigenvalue weighted by atomic mass is 35.5. The number of para-hydroxylation sites is 1. The Morgan fingerprint density at radius 3 is 2.38 bits per heavy atom. The number of amides is 1. The van der Waals surface area contributed by atoms with E-state index in [-0.39, 0.29) is 23.9 Å². The summed E-state index contributed by atoms with van der Waals surface area (Å²) in [5.41, 5.74) is 3.12. The number of nitrogens with zero attached hydrogens (tertiary/aromatic N) is 3. The van der Waals surface area contributed by atoms with E-state index in [1.54, 1.807) is 46.8 Å². The number of imidazole rings is 1. The minimum Gasteiger partial charge on any atom is -0.345 e. The fourth-order valence-corrected chi connectivity index (χ4v) is 5.25. The number of hydrogen-bond donors (Lipinski definition) is 1. The van der Waals surface area contributed by atoms with E-state index in [0.717, 1.165) is 21.9 Å². The second kappa shape index (κ2) is 11.5. The van der Waals surface area contributed by atoms with Crippen molar-refractivity contribution in [1.82, 2.24) is 14.0 Å². The highest BCUT2D eigenvalue weighted by molar-refractivity contribution is 6.35. The van der Waals surface area contributed by atoms with Crippen LogP contribution in [0.15, 0.2) is 84.9 Å². The van der Waals surface area contributed by atoms with Gasteiger partial charge in [-0.05, 0) is 59.2 Å². The van der Waals surface area contributed by atoms with Crippen LogP contribution in [0.1, 0.15) is 22.3 Å². The molecule has 0 saturated heterocycles.